The molecule has 8 nitrogen and oxygen atoms in total. The van der Waals surface area contributed by atoms with Crippen LogP contribution in [-0.2, 0) is 9.84 Å². The minimum atomic E-state index is -3.76. The molecule has 2 heterocycles. The number of rotatable bonds is 6. The molecule has 0 aliphatic carbocycles. The second-order valence-corrected chi connectivity index (χ2v) is 12.0. The summed E-state index contributed by atoms with van der Waals surface area (Å²) in [5.74, 6) is 0.624. The Bertz CT molecular complexity index is 1390. The Morgan fingerprint density at radius 3 is 2.62 bits per heavy atom. The van der Waals surface area contributed by atoms with Crippen LogP contribution in [0.3, 0.4) is 0 Å². The summed E-state index contributed by atoms with van der Waals surface area (Å²) in [5, 5.41) is 13.2. The van der Waals surface area contributed by atoms with E-state index in [4.69, 9.17) is 4.74 Å². The van der Waals surface area contributed by atoms with Gasteiger partial charge in [0, 0.05) is 17.1 Å². The van der Waals surface area contributed by atoms with Crippen LogP contribution in [0.15, 0.2) is 47.1 Å². The molecule has 0 aliphatic rings. The van der Waals surface area contributed by atoms with Crippen LogP contribution in [-0.4, -0.2) is 45.9 Å². The van der Waals surface area contributed by atoms with E-state index >= 15 is 0 Å². The number of hydrogen-bond donors (Lipinski definition) is 2. The summed E-state index contributed by atoms with van der Waals surface area (Å²) in [6.45, 7) is 6.32. The third-order valence-electron chi connectivity index (χ3n) is 4.97. The number of fused-ring (bicyclic) bond motifs is 2. The number of aromatic nitrogens is 3. The Morgan fingerprint density at radius 1 is 1.12 bits per heavy atom. The quantitative estimate of drug-likeness (QED) is 0.427. The first kappa shape index (κ1) is 22.4. The third-order valence-corrected chi connectivity index (χ3v) is 8.30. The summed E-state index contributed by atoms with van der Waals surface area (Å²) in [5.41, 5.74) is 3.94. The molecule has 168 valence electrons. The van der Waals surface area contributed by atoms with Gasteiger partial charge in [-0.1, -0.05) is 0 Å². The van der Waals surface area contributed by atoms with E-state index in [9.17, 15) is 13.5 Å². The van der Waals surface area contributed by atoms with Crippen molar-refractivity contribution in [2.75, 3.05) is 11.9 Å². The topological polar surface area (TPSA) is 114 Å². The molecular weight excluding hydrogens is 448 g/mol. The first-order valence-electron chi connectivity index (χ1n) is 10.0. The van der Waals surface area contributed by atoms with Crippen molar-refractivity contribution in [3.8, 4) is 5.75 Å². The third kappa shape index (κ3) is 4.13. The highest BCUT2D eigenvalue weighted by Crippen LogP contribution is 2.37. The zero-order valence-corrected chi connectivity index (χ0v) is 19.8. The number of benzene rings is 2. The molecule has 0 amide bonds. The number of nitrogens with one attached hydrogen (secondary N) is 1. The molecular formula is C22H24N4O4S2. The summed E-state index contributed by atoms with van der Waals surface area (Å²) < 4.78 is 32.5. The second-order valence-electron chi connectivity index (χ2n) is 8.43. The largest absolute Gasteiger partial charge is 0.487 e. The van der Waals surface area contributed by atoms with Crippen LogP contribution in [0.5, 0.6) is 5.75 Å². The molecule has 4 rings (SSSR count). The van der Waals surface area contributed by atoms with Crippen molar-refractivity contribution in [3.05, 3.63) is 42.2 Å². The summed E-state index contributed by atoms with van der Waals surface area (Å²) >= 11 is 1.56. The lowest BCUT2D eigenvalue weighted by molar-refractivity contribution is 0.127. The fraction of sp³-hybridized carbons (Fsp3) is 0.318. The smallest absolute Gasteiger partial charge is 0.186 e. The van der Waals surface area contributed by atoms with Gasteiger partial charge in [0.1, 0.15) is 28.9 Å². The van der Waals surface area contributed by atoms with Crippen LogP contribution in [0.4, 0.5) is 11.5 Å². The van der Waals surface area contributed by atoms with Crippen LogP contribution in [0.1, 0.15) is 27.7 Å². The Labute approximate surface area is 190 Å². The number of hydrogen-bond acceptors (Lipinski definition) is 9. The predicted molar refractivity (Wildman–Crippen MR) is 127 cm³/mol. The number of anilines is 2. The molecule has 0 bridgehead atoms. The maximum atomic E-state index is 13.4. The number of sulfone groups is 1. The predicted octanol–water partition coefficient (Wildman–Crippen LogP) is 4.31. The number of nitrogens with zero attached hydrogens (tertiary/aromatic N) is 3. The Balaban J connectivity index is 1.87. The van der Waals surface area contributed by atoms with Crippen LogP contribution >= 0.6 is 11.3 Å². The van der Waals surface area contributed by atoms with Gasteiger partial charge >= 0.3 is 0 Å². The highest BCUT2D eigenvalue weighted by molar-refractivity contribution is 7.92. The van der Waals surface area contributed by atoms with Crippen molar-refractivity contribution < 1.29 is 18.3 Å². The van der Waals surface area contributed by atoms with Crippen molar-refractivity contribution in [2.45, 2.75) is 43.4 Å². The molecule has 2 aromatic carbocycles. The van der Waals surface area contributed by atoms with Gasteiger partial charge in [-0.3, -0.25) is 0 Å². The van der Waals surface area contributed by atoms with Crippen molar-refractivity contribution in [3.63, 3.8) is 0 Å². The molecule has 2 N–H and O–H groups in total. The van der Waals surface area contributed by atoms with E-state index < -0.39 is 20.7 Å². The standard InChI is InChI=1S/C22H24N4O4S2/c1-13(10-27)30-18-9-16-15(8-20(18)32(28,29)22(2,3)4)21(24-11-23-16)26-14-5-6-19-17(7-14)25-12-31-19/h5-9,11-13,27H,10H2,1-4H3,(H,23,24,26)/t13-/m1/s1. The first-order valence-corrected chi connectivity index (χ1v) is 12.4. The van der Waals surface area contributed by atoms with E-state index in [0.29, 0.717) is 16.7 Å². The number of ether oxygens (including phenoxy) is 1. The van der Waals surface area contributed by atoms with Gasteiger partial charge < -0.3 is 15.2 Å². The minimum Gasteiger partial charge on any atom is -0.487 e. The maximum absolute atomic E-state index is 13.4. The normalized spacial score (nSPS) is 13.4. The van der Waals surface area contributed by atoms with E-state index in [1.807, 2.05) is 18.2 Å². The van der Waals surface area contributed by atoms with Crippen molar-refractivity contribution in [1.82, 2.24) is 15.0 Å². The maximum Gasteiger partial charge on any atom is 0.186 e. The fourth-order valence-electron chi connectivity index (χ4n) is 3.12. The van der Waals surface area contributed by atoms with Gasteiger partial charge in [0.25, 0.3) is 0 Å². The van der Waals surface area contributed by atoms with E-state index in [1.54, 1.807) is 56.7 Å². The SMILES string of the molecule is C[C@H](CO)Oc1cc2ncnc(Nc3ccc4scnc4c3)c2cc1S(=O)(=O)C(C)(C)C. The first-order chi connectivity index (χ1) is 15.1. The van der Waals surface area contributed by atoms with Crippen LogP contribution in [0.2, 0.25) is 0 Å². The number of aliphatic hydroxyl groups excluding tert-OH is 1. The van der Waals surface area contributed by atoms with Crippen molar-refractivity contribution in [1.29, 1.82) is 0 Å². The molecule has 0 spiro atoms. The molecule has 10 heteroatoms. The summed E-state index contributed by atoms with van der Waals surface area (Å²) in [7, 11) is -3.76. The number of thiazole rings is 1. The van der Waals surface area contributed by atoms with Gasteiger partial charge in [0.05, 0.1) is 32.6 Å². The van der Waals surface area contributed by atoms with Crippen molar-refractivity contribution >= 4 is 53.8 Å². The summed E-state index contributed by atoms with van der Waals surface area (Å²) in [4.78, 5) is 13.0. The molecule has 1 atom stereocenters. The second kappa shape index (κ2) is 8.27. The number of aliphatic hydroxyl groups is 1. The molecule has 2 aromatic heterocycles. The van der Waals surface area contributed by atoms with E-state index in [-0.39, 0.29) is 17.3 Å². The highest BCUT2D eigenvalue weighted by atomic mass is 32.2. The van der Waals surface area contributed by atoms with E-state index in [1.165, 1.54) is 6.33 Å². The molecule has 32 heavy (non-hydrogen) atoms. The molecule has 0 saturated heterocycles. The molecule has 0 aliphatic heterocycles. The lowest BCUT2D eigenvalue weighted by atomic mass is 10.2. The molecule has 4 aromatic rings. The average molecular weight is 473 g/mol. The van der Waals surface area contributed by atoms with Gasteiger partial charge in [0.2, 0.25) is 0 Å². The van der Waals surface area contributed by atoms with Crippen molar-refractivity contribution in [2.24, 2.45) is 0 Å². The zero-order valence-electron chi connectivity index (χ0n) is 18.2. The summed E-state index contributed by atoms with van der Waals surface area (Å²) in [6.07, 6.45) is 0.828. The molecule has 0 saturated carbocycles. The Hall–Kier alpha value is -2.82. The van der Waals surface area contributed by atoms with Gasteiger partial charge in [-0.2, -0.15) is 0 Å². The molecule has 0 fully saturated rings. The lowest BCUT2D eigenvalue weighted by Gasteiger charge is -2.23. The van der Waals surface area contributed by atoms with Gasteiger partial charge in [-0.25, -0.2) is 23.4 Å². The molecule has 0 unspecified atom stereocenters. The van der Waals surface area contributed by atoms with Gasteiger partial charge in [-0.05, 0) is 52.0 Å². The Kier molecular flexibility index (Phi) is 5.78. The van der Waals surface area contributed by atoms with Gasteiger partial charge in [0.15, 0.2) is 9.84 Å². The Morgan fingerprint density at radius 2 is 1.91 bits per heavy atom. The average Bonchev–Trinajstić information content (AvgIpc) is 3.20. The highest BCUT2D eigenvalue weighted by Gasteiger charge is 2.34. The van der Waals surface area contributed by atoms with Gasteiger partial charge in [-0.15, -0.1) is 11.3 Å². The minimum absolute atomic E-state index is 0.0330. The van der Waals surface area contributed by atoms with E-state index in [2.05, 4.69) is 20.3 Å². The zero-order chi connectivity index (χ0) is 23.1. The van der Waals surface area contributed by atoms with Crippen LogP contribution in [0.25, 0.3) is 21.1 Å². The molecule has 0 radical (unpaired) electrons. The van der Waals surface area contributed by atoms with Crippen LogP contribution < -0.4 is 10.1 Å². The lowest BCUT2D eigenvalue weighted by Crippen LogP contribution is -2.29. The summed E-state index contributed by atoms with van der Waals surface area (Å²) in [6, 6.07) is 8.92. The van der Waals surface area contributed by atoms with E-state index in [0.717, 1.165) is 15.9 Å². The fourth-order valence-corrected chi connectivity index (χ4v) is 5.09. The monoisotopic (exact) mass is 472 g/mol. The van der Waals surface area contributed by atoms with Crippen LogP contribution in [0, 0.1) is 0 Å².